The van der Waals surface area contributed by atoms with Crippen molar-refractivity contribution in [1.82, 2.24) is 15.2 Å². The van der Waals surface area contributed by atoms with Gasteiger partial charge in [-0.15, -0.1) is 24.5 Å². The molecule has 1 unspecified atom stereocenters. The molecule has 0 spiro atoms. The summed E-state index contributed by atoms with van der Waals surface area (Å²) in [6.45, 7) is 4.17. The molecule has 2 fully saturated rings. The third-order valence-electron chi connectivity index (χ3n) is 7.64. The molecule has 2 saturated heterocycles. The molecule has 0 radical (unpaired) electrons. The lowest BCUT2D eigenvalue weighted by Crippen LogP contribution is -2.51. The van der Waals surface area contributed by atoms with E-state index in [1.807, 2.05) is 19.1 Å². The number of aryl methyl sites for hydroxylation is 1. The molecule has 0 amide bonds. The van der Waals surface area contributed by atoms with Crippen LogP contribution in [-0.4, -0.2) is 41.4 Å². The summed E-state index contributed by atoms with van der Waals surface area (Å²) in [5, 5.41) is 4.50. The Labute approximate surface area is 218 Å². The average molecular weight is 524 g/mol. The number of halogens is 3. The molecule has 4 atom stereocenters. The SMILES string of the molecule is Cc1nc2cc(CN[C@H]3[C@@H]4CCN(C4)[C@@H]3C(c3ccccc3)c3ccccc3)c(OC(F)(F)F)cc2s1. The highest BCUT2D eigenvalue weighted by Crippen LogP contribution is 2.43. The fraction of sp³-hybridized carbons (Fsp3) is 0.345. The summed E-state index contributed by atoms with van der Waals surface area (Å²) in [7, 11) is 0. The second-order valence-corrected chi connectivity index (χ2v) is 11.2. The summed E-state index contributed by atoms with van der Waals surface area (Å²) in [6.07, 6.45) is -3.67. The average Bonchev–Trinajstić information content (AvgIpc) is 3.58. The number of rotatable bonds is 7. The van der Waals surface area contributed by atoms with Gasteiger partial charge in [-0.05, 0) is 43.0 Å². The number of ether oxygens (including phenoxy) is 1. The first-order valence-electron chi connectivity index (χ1n) is 12.6. The van der Waals surface area contributed by atoms with Gasteiger partial charge in [0.15, 0.2) is 0 Å². The van der Waals surface area contributed by atoms with Crippen molar-refractivity contribution in [3.8, 4) is 5.75 Å². The smallest absolute Gasteiger partial charge is 0.405 e. The number of alkyl halides is 3. The summed E-state index contributed by atoms with van der Waals surface area (Å²) < 4.78 is 45.0. The van der Waals surface area contributed by atoms with Crippen LogP contribution in [0.2, 0.25) is 0 Å². The van der Waals surface area contributed by atoms with E-state index in [0.717, 1.165) is 24.5 Å². The van der Waals surface area contributed by atoms with Gasteiger partial charge in [0.2, 0.25) is 0 Å². The molecule has 6 rings (SSSR count). The van der Waals surface area contributed by atoms with Gasteiger partial charge in [-0.25, -0.2) is 4.98 Å². The number of nitrogens with zero attached hydrogens (tertiary/aromatic N) is 2. The molecule has 1 N–H and O–H groups in total. The topological polar surface area (TPSA) is 37.4 Å². The van der Waals surface area contributed by atoms with Crippen molar-refractivity contribution in [2.45, 2.75) is 44.3 Å². The molecule has 0 aliphatic carbocycles. The van der Waals surface area contributed by atoms with Crippen LogP contribution in [0.25, 0.3) is 10.2 Å². The summed E-state index contributed by atoms with van der Waals surface area (Å²) in [4.78, 5) is 7.05. The van der Waals surface area contributed by atoms with Gasteiger partial charge in [-0.2, -0.15) is 0 Å². The van der Waals surface area contributed by atoms with E-state index in [0.29, 0.717) is 21.7 Å². The van der Waals surface area contributed by atoms with Crippen LogP contribution in [0.5, 0.6) is 5.75 Å². The van der Waals surface area contributed by atoms with E-state index < -0.39 is 6.36 Å². The van der Waals surface area contributed by atoms with Crippen LogP contribution in [0.3, 0.4) is 0 Å². The zero-order valence-electron chi connectivity index (χ0n) is 20.4. The highest BCUT2D eigenvalue weighted by atomic mass is 32.1. The molecule has 4 aromatic rings. The first-order chi connectivity index (χ1) is 17.9. The molecule has 1 aromatic heterocycles. The minimum atomic E-state index is -4.76. The third-order valence-corrected chi connectivity index (χ3v) is 8.58. The van der Waals surface area contributed by atoms with Crippen molar-refractivity contribution in [2.24, 2.45) is 5.92 Å². The van der Waals surface area contributed by atoms with Crippen LogP contribution in [0.4, 0.5) is 13.2 Å². The number of fused-ring (bicyclic) bond motifs is 3. The second kappa shape index (κ2) is 9.74. The van der Waals surface area contributed by atoms with Crippen LogP contribution >= 0.6 is 11.3 Å². The van der Waals surface area contributed by atoms with Crippen molar-refractivity contribution in [3.63, 3.8) is 0 Å². The van der Waals surface area contributed by atoms with E-state index in [9.17, 15) is 13.2 Å². The van der Waals surface area contributed by atoms with E-state index in [1.54, 1.807) is 6.07 Å². The minimum Gasteiger partial charge on any atom is -0.405 e. The Bertz CT molecular complexity index is 1340. The summed E-state index contributed by atoms with van der Waals surface area (Å²) >= 11 is 1.37. The number of benzene rings is 3. The Morgan fingerprint density at radius 1 is 1.05 bits per heavy atom. The first-order valence-corrected chi connectivity index (χ1v) is 13.4. The van der Waals surface area contributed by atoms with Crippen LogP contribution < -0.4 is 10.1 Å². The number of hydrogen-bond donors (Lipinski definition) is 1. The molecule has 2 aliphatic heterocycles. The lowest BCUT2D eigenvalue weighted by molar-refractivity contribution is -0.274. The molecular formula is C29H28F3N3OS. The highest BCUT2D eigenvalue weighted by molar-refractivity contribution is 7.18. The molecule has 8 heteroatoms. The van der Waals surface area contributed by atoms with Crippen molar-refractivity contribution in [1.29, 1.82) is 0 Å². The number of thiazole rings is 1. The molecule has 192 valence electrons. The minimum absolute atomic E-state index is 0.130. The van der Waals surface area contributed by atoms with Crippen LogP contribution in [-0.2, 0) is 6.54 Å². The van der Waals surface area contributed by atoms with Crippen molar-refractivity contribution >= 4 is 21.6 Å². The van der Waals surface area contributed by atoms with Gasteiger partial charge >= 0.3 is 6.36 Å². The molecule has 2 aliphatic rings. The first kappa shape index (κ1) is 24.4. The van der Waals surface area contributed by atoms with Gasteiger partial charge in [0.1, 0.15) is 5.75 Å². The quantitative estimate of drug-likeness (QED) is 0.300. The predicted octanol–water partition coefficient (Wildman–Crippen LogP) is 6.50. The summed E-state index contributed by atoms with van der Waals surface area (Å²) in [6, 6.07) is 24.6. The zero-order chi connectivity index (χ0) is 25.6. The number of hydrogen-bond acceptors (Lipinski definition) is 5. The van der Waals surface area contributed by atoms with E-state index >= 15 is 0 Å². The summed E-state index contributed by atoms with van der Waals surface area (Å²) in [5.41, 5.74) is 3.67. The van der Waals surface area contributed by atoms with Gasteiger partial charge in [0.25, 0.3) is 0 Å². The van der Waals surface area contributed by atoms with Crippen LogP contribution in [0, 0.1) is 12.8 Å². The Balaban J connectivity index is 1.33. The number of aromatic nitrogens is 1. The zero-order valence-corrected chi connectivity index (χ0v) is 21.2. The molecule has 2 bridgehead atoms. The maximum Gasteiger partial charge on any atom is 0.573 e. The Kier molecular flexibility index (Phi) is 6.42. The maximum absolute atomic E-state index is 13.3. The molecule has 37 heavy (non-hydrogen) atoms. The van der Waals surface area contributed by atoms with Gasteiger partial charge in [-0.3, -0.25) is 4.90 Å². The summed E-state index contributed by atoms with van der Waals surface area (Å²) in [5.74, 6) is 0.441. The Morgan fingerprint density at radius 2 is 1.73 bits per heavy atom. The van der Waals surface area contributed by atoms with Gasteiger partial charge in [0, 0.05) is 42.7 Å². The van der Waals surface area contributed by atoms with E-state index in [2.05, 4.69) is 68.5 Å². The fourth-order valence-corrected chi connectivity index (χ4v) is 7.04. The molecule has 0 saturated carbocycles. The molecular weight excluding hydrogens is 495 g/mol. The normalized spacial score (nSPS) is 23.3. The largest absolute Gasteiger partial charge is 0.573 e. The molecule has 3 aromatic carbocycles. The Morgan fingerprint density at radius 3 is 2.38 bits per heavy atom. The van der Waals surface area contributed by atoms with E-state index in [-0.39, 0.29) is 30.3 Å². The van der Waals surface area contributed by atoms with E-state index in [4.69, 9.17) is 0 Å². The van der Waals surface area contributed by atoms with Crippen LogP contribution in [0.15, 0.2) is 72.8 Å². The van der Waals surface area contributed by atoms with Crippen molar-refractivity contribution in [3.05, 3.63) is 94.5 Å². The van der Waals surface area contributed by atoms with Gasteiger partial charge < -0.3 is 10.1 Å². The monoisotopic (exact) mass is 523 g/mol. The maximum atomic E-state index is 13.3. The third kappa shape index (κ3) is 4.98. The lowest BCUT2D eigenvalue weighted by atomic mass is 9.78. The van der Waals surface area contributed by atoms with Crippen LogP contribution in [0.1, 0.15) is 34.0 Å². The van der Waals surface area contributed by atoms with Crippen molar-refractivity contribution < 1.29 is 17.9 Å². The van der Waals surface area contributed by atoms with Crippen molar-refractivity contribution in [2.75, 3.05) is 13.1 Å². The second-order valence-electron chi connectivity index (χ2n) is 9.95. The number of nitrogens with one attached hydrogen (secondary N) is 1. The Hall–Kier alpha value is -2.94. The predicted molar refractivity (Wildman–Crippen MR) is 140 cm³/mol. The molecule has 4 nitrogen and oxygen atoms in total. The van der Waals surface area contributed by atoms with E-state index in [1.165, 1.54) is 28.5 Å². The number of piperidine rings is 1. The van der Waals surface area contributed by atoms with Gasteiger partial charge in [0.05, 0.1) is 15.2 Å². The lowest BCUT2D eigenvalue weighted by Gasteiger charge is -2.39. The highest BCUT2D eigenvalue weighted by Gasteiger charge is 2.49. The fourth-order valence-electron chi connectivity index (χ4n) is 6.20. The standard InChI is InChI=1S/C29H28F3N3OS/c1-18-34-23-14-22(24(15-25(23)37-18)36-29(30,31)32)16-33-27-21-12-13-35(17-21)28(27)26(19-8-4-2-5-9-19)20-10-6-3-7-11-20/h2-11,14-15,21,26-28,33H,12-13,16-17H2,1H3/t21-,27+,28-/m1/s1. The molecule has 3 heterocycles. The van der Waals surface area contributed by atoms with Gasteiger partial charge in [-0.1, -0.05) is 60.7 Å².